The first kappa shape index (κ1) is 26.6. The summed E-state index contributed by atoms with van der Waals surface area (Å²) in [5, 5.41) is 3.75. The molecule has 196 valence electrons. The Morgan fingerprint density at radius 2 is 1.68 bits per heavy atom. The molecule has 8 nitrogen and oxygen atoms in total. The van der Waals surface area contributed by atoms with Crippen LogP contribution < -0.4 is 19.5 Å². The summed E-state index contributed by atoms with van der Waals surface area (Å²) in [5.41, 5.74) is 0.654. The Hall–Kier alpha value is -3.43. The predicted molar refractivity (Wildman–Crippen MR) is 138 cm³/mol. The number of methoxy groups -OCH3 is 2. The van der Waals surface area contributed by atoms with Gasteiger partial charge >= 0.3 is 0 Å². The van der Waals surface area contributed by atoms with E-state index in [0.717, 1.165) is 25.4 Å². The Kier molecular flexibility index (Phi) is 9.14. The number of carbonyl (C=O) groups excluding carboxylic acids is 1. The summed E-state index contributed by atoms with van der Waals surface area (Å²) >= 11 is 5.91. The van der Waals surface area contributed by atoms with Gasteiger partial charge in [0.2, 0.25) is 17.7 Å². The largest absolute Gasteiger partial charge is 0.492 e. The van der Waals surface area contributed by atoms with E-state index >= 15 is 0 Å². The second kappa shape index (κ2) is 12.7. The minimum Gasteiger partial charge on any atom is -0.492 e. The summed E-state index contributed by atoms with van der Waals surface area (Å²) in [7, 11) is 2.98. The average molecular weight is 529 g/mol. The van der Waals surface area contributed by atoms with Crippen molar-refractivity contribution >= 4 is 17.5 Å². The number of hydrogen-bond acceptors (Lipinski definition) is 7. The number of likely N-dealkylation sites (tertiary alicyclic amines) is 1. The third kappa shape index (κ3) is 7.30. The highest BCUT2D eigenvalue weighted by Crippen LogP contribution is 2.26. The molecule has 1 N–H and O–H groups in total. The second-order valence-corrected chi connectivity index (χ2v) is 9.16. The van der Waals surface area contributed by atoms with Gasteiger partial charge in [-0.1, -0.05) is 23.7 Å². The average Bonchev–Trinajstić information content (AvgIpc) is 2.93. The fourth-order valence-corrected chi connectivity index (χ4v) is 4.34. The molecule has 4 rings (SSSR count). The molecule has 2 aromatic carbocycles. The van der Waals surface area contributed by atoms with Crippen molar-refractivity contribution < 1.29 is 23.4 Å². The molecule has 37 heavy (non-hydrogen) atoms. The molecule has 3 aromatic rings. The van der Waals surface area contributed by atoms with Gasteiger partial charge in [-0.05, 0) is 67.9 Å². The van der Waals surface area contributed by atoms with Crippen LogP contribution in [0.3, 0.4) is 0 Å². The van der Waals surface area contributed by atoms with E-state index in [0.29, 0.717) is 47.6 Å². The number of piperidine rings is 1. The van der Waals surface area contributed by atoms with Gasteiger partial charge in [0.15, 0.2) is 5.82 Å². The molecule has 1 aliphatic rings. The lowest BCUT2D eigenvalue weighted by Crippen LogP contribution is -2.43. The third-order valence-electron chi connectivity index (χ3n) is 6.31. The monoisotopic (exact) mass is 528 g/mol. The van der Waals surface area contributed by atoms with E-state index in [-0.39, 0.29) is 17.6 Å². The summed E-state index contributed by atoms with van der Waals surface area (Å²) in [6.45, 7) is 2.90. The number of rotatable bonds is 10. The van der Waals surface area contributed by atoms with Crippen molar-refractivity contribution in [2.75, 3.05) is 40.5 Å². The zero-order valence-corrected chi connectivity index (χ0v) is 21.6. The van der Waals surface area contributed by atoms with Crippen LogP contribution in [0, 0.1) is 11.7 Å². The fourth-order valence-electron chi connectivity index (χ4n) is 4.21. The van der Waals surface area contributed by atoms with Crippen molar-refractivity contribution in [1.29, 1.82) is 0 Å². The summed E-state index contributed by atoms with van der Waals surface area (Å²) in [4.78, 5) is 24.4. The van der Waals surface area contributed by atoms with Crippen LogP contribution >= 0.6 is 11.6 Å². The molecule has 10 heteroatoms. The van der Waals surface area contributed by atoms with Crippen LogP contribution in [0.25, 0.3) is 0 Å². The van der Waals surface area contributed by atoms with Crippen LogP contribution in [-0.4, -0.2) is 61.2 Å². The van der Waals surface area contributed by atoms with Crippen molar-refractivity contribution in [2.45, 2.75) is 18.9 Å². The molecule has 1 atom stereocenters. The molecule has 1 saturated heterocycles. The predicted octanol–water partition coefficient (Wildman–Crippen LogP) is 4.28. The number of ether oxygens (including phenoxy) is 3. The molecule has 0 spiro atoms. The number of aromatic nitrogens is 2. The lowest BCUT2D eigenvalue weighted by atomic mass is 9.95. The van der Waals surface area contributed by atoms with Gasteiger partial charge in [0.05, 0.1) is 20.3 Å². The lowest BCUT2D eigenvalue weighted by molar-refractivity contribution is -0.127. The van der Waals surface area contributed by atoms with Crippen molar-refractivity contribution in [3.05, 3.63) is 76.8 Å². The lowest BCUT2D eigenvalue weighted by Gasteiger charge is -2.32. The standard InChI is InChI=1S/C27H30ClFN4O4/c1-35-23-17-24(36-2)31-26(30-23)25(18-3-7-21(29)8-4-18)32-27(34)19-11-13-33(14-12-19)15-16-37-22-9-5-20(28)6-10-22/h3-10,17,19,25H,11-16H2,1-2H3,(H,32,34). The van der Waals surface area contributed by atoms with Gasteiger partial charge in [-0.25, -0.2) is 4.39 Å². The number of amides is 1. The van der Waals surface area contributed by atoms with Crippen LogP contribution in [0.5, 0.6) is 17.5 Å². The summed E-state index contributed by atoms with van der Waals surface area (Å²) in [5.74, 6) is 1.05. The minimum atomic E-state index is -0.692. The van der Waals surface area contributed by atoms with Crippen molar-refractivity contribution in [2.24, 2.45) is 5.92 Å². The zero-order valence-electron chi connectivity index (χ0n) is 20.8. The van der Waals surface area contributed by atoms with Crippen LogP contribution in [0.15, 0.2) is 54.6 Å². The molecule has 1 amide bonds. The van der Waals surface area contributed by atoms with Gasteiger partial charge in [-0.15, -0.1) is 0 Å². The third-order valence-corrected chi connectivity index (χ3v) is 6.56. The maximum absolute atomic E-state index is 13.6. The first-order chi connectivity index (χ1) is 17.9. The van der Waals surface area contributed by atoms with E-state index < -0.39 is 6.04 Å². The molecule has 1 aromatic heterocycles. The van der Waals surface area contributed by atoms with E-state index in [4.69, 9.17) is 25.8 Å². The van der Waals surface area contributed by atoms with Gasteiger partial charge in [0.1, 0.15) is 24.2 Å². The maximum Gasteiger partial charge on any atom is 0.224 e. The topological polar surface area (TPSA) is 85.8 Å². The summed E-state index contributed by atoms with van der Waals surface area (Å²) < 4.78 is 29.9. The van der Waals surface area contributed by atoms with Crippen molar-refractivity contribution in [3.8, 4) is 17.5 Å². The van der Waals surface area contributed by atoms with Crippen LogP contribution in [0.2, 0.25) is 5.02 Å². The van der Waals surface area contributed by atoms with Crippen LogP contribution in [-0.2, 0) is 4.79 Å². The van der Waals surface area contributed by atoms with E-state index in [9.17, 15) is 9.18 Å². The number of benzene rings is 2. The highest BCUT2D eigenvalue weighted by molar-refractivity contribution is 6.30. The van der Waals surface area contributed by atoms with Crippen LogP contribution in [0.4, 0.5) is 4.39 Å². The number of hydrogen-bond donors (Lipinski definition) is 1. The smallest absolute Gasteiger partial charge is 0.224 e. The SMILES string of the molecule is COc1cc(OC)nc(C(NC(=O)C2CCN(CCOc3ccc(Cl)cc3)CC2)c2ccc(F)cc2)n1. The van der Waals surface area contributed by atoms with E-state index in [1.54, 1.807) is 30.3 Å². The van der Waals surface area contributed by atoms with Crippen LogP contribution in [0.1, 0.15) is 30.3 Å². The Balaban J connectivity index is 1.38. The van der Waals surface area contributed by atoms with Gasteiger partial charge < -0.3 is 19.5 Å². The highest BCUT2D eigenvalue weighted by atomic mass is 35.5. The molecule has 0 saturated carbocycles. The molecule has 1 unspecified atom stereocenters. The number of carbonyl (C=O) groups is 1. The Labute approximate surface area is 220 Å². The number of halogens is 2. The van der Waals surface area contributed by atoms with Gasteiger partial charge in [-0.2, -0.15) is 9.97 Å². The minimum absolute atomic E-state index is 0.100. The van der Waals surface area contributed by atoms with Crippen molar-refractivity contribution in [1.82, 2.24) is 20.2 Å². The Morgan fingerprint density at radius 3 is 2.27 bits per heavy atom. The summed E-state index contributed by atoms with van der Waals surface area (Å²) in [6, 6.07) is 14.1. The number of nitrogens with one attached hydrogen (secondary N) is 1. The maximum atomic E-state index is 13.6. The van der Waals surface area contributed by atoms with Crippen molar-refractivity contribution in [3.63, 3.8) is 0 Å². The first-order valence-electron chi connectivity index (χ1n) is 12.1. The summed E-state index contributed by atoms with van der Waals surface area (Å²) in [6.07, 6.45) is 1.43. The highest BCUT2D eigenvalue weighted by Gasteiger charge is 2.29. The molecule has 2 heterocycles. The van der Waals surface area contributed by atoms with E-state index in [1.807, 2.05) is 12.1 Å². The molecule has 1 fully saturated rings. The quantitative estimate of drug-likeness (QED) is 0.420. The molecule has 0 radical (unpaired) electrons. The molecule has 1 aliphatic heterocycles. The molecular weight excluding hydrogens is 499 g/mol. The van der Waals surface area contributed by atoms with Gasteiger partial charge in [0.25, 0.3) is 0 Å². The first-order valence-corrected chi connectivity index (χ1v) is 12.5. The number of nitrogens with zero attached hydrogens (tertiary/aromatic N) is 3. The van der Waals surface area contributed by atoms with Gasteiger partial charge in [-0.3, -0.25) is 9.69 Å². The van der Waals surface area contributed by atoms with E-state index in [1.165, 1.54) is 26.4 Å². The zero-order chi connectivity index (χ0) is 26.2. The Bertz CT molecular complexity index is 1150. The van der Waals surface area contributed by atoms with E-state index in [2.05, 4.69) is 20.2 Å². The molecule has 0 aliphatic carbocycles. The normalized spacial score (nSPS) is 15.1. The van der Waals surface area contributed by atoms with Gasteiger partial charge in [0, 0.05) is 17.5 Å². The Morgan fingerprint density at radius 1 is 1.05 bits per heavy atom. The molecular formula is C27H30ClFN4O4. The molecule has 0 bridgehead atoms. The fraction of sp³-hybridized carbons (Fsp3) is 0.370. The second-order valence-electron chi connectivity index (χ2n) is 8.72.